The van der Waals surface area contributed by atoms with Gasteiger partial charge in [-0.25, -0.2) is 0 Å². The number of rotatable bonds is 5. The fraction of sp³-hybridized carbons (Fsp3) is 0.667. The smallest absolute Gasteiger partial charge is 0.226 e. The standard InChI is InChI=1S/C18H24N2O3/c1-13-8-16(13)17(21)20-11-18(12-20)15(4-7-23-18)10-22-9-14-2-5-19-6-3-14/h2-3,5-6,13,15-16H,4,7-12H2,1H3/t13-,15-,16-/m1/s1. The molecule has 4 rings (SSSR count). The Balaban J connectivity index is 1.27. The topological polar surface area (TPSA) is 51.7 Å². The van der Waals surface area contributed by atoms with E-state index in [1.54, 1.807) is 12.4 Å². The van der Waals surface area contributed by atoms with E-state index >= 15 is 0 Å². The molecular formula is C18H24N2O3. The van der Waals surface area contributed by atoms with Crippen LogP contribution in [0.2, 0.25) is 0 Å². The number of carbonyl (C=O) groups is 1. The molecule has 124 valence electrons. The van der Waals surface area contributed by atoms with Crippen molar-refractivity contribution in [3.8, 4) is 0 Å². The summed E-state index contributed by atoms with van der Waals surface area (Å²) >= 11 is 0. The molecule has 1 aromatic heterocycles. The second kappa shape index (κ2) is 5.87. The van der Waals surface area contributed by atoms with Crippen LogP contribution < -0.4 is 0 Å². The highest BCUT2D eigenvalue weighted by Crippen LogP contribution is 2.45. The molecule has 0 radical (unpaired) electrons. The van der Waals surface area contributed by atoms with E-state index in [9.17, 15) is 4.79 Å². The summed E-state index contributed by atoms with van der Waals surface area (Å²) < 4.78 is 11.9. The molecule has 5 heteroatoms. The van der Waals surface area contributed by atoms with Crippen molar-refractivity contribution in [1.29, 1.82) is 0 Å². The monoisotopic (exact) mass is 316 g/mol. The van der Waals surface area contributed by atoms with Crippen LogP contribution >= 0.6 is 0 Å². The van der Waals surface area contributed by atoms with Crippen LogP contribution in [0.1, 0.15) is 25.3 Å². The average Bonchev–Trinajstić information content (AvgIpc) is 3.10. The first-order valence-electron chi connectivity index (χ1n) is 8.57. The lowest BCUT2D eigenvalue weighted by molar-refractivity contribution is -0.170. The zero-order chi connectivity index (χ0) is 15.9. The second-order valence-corrected chi connectivity index (χ2v) is 7.28. The number of pyridine rings is 1. The van der Waals surface area contributed by atoms with Crippen LogP contribution in [-0.2, 0) is 20.9 Å². The third-order valence-electron chi connectivity index (χ3n) is 5.59. The number of carbonyl (C=O) groups excluding carboxylic acids is 1. The molecule has 1 aliphatic carbocycles. The fourth-order valence-electron chi connectivity index (χ4n) is 3.82. The van der Waals surface area contributed by atoms with Gasteiger partial charge in [-0.1, -0.05) is 6.92 Å². The summed E-state index contributed by atoms with van der Waals surface area (Å²) in [5.74, 6) is 1.57. The van der Waals surface area contributed by atoms with Gasteiger partial charge in [0.2, 0.25) is 5.91 Å². The summed E-state index contributed by atoms with van der Waals surface area (Å²) in [6.07, 6.45) is 5.65. The predicted octanol–water partition coefficient (Wildman–Crippen LogP) is 1.87. The van der Waals surface area contributed by atoms with E-state index in [0.717, 1.165) is 38.1 Å². The molecule has 2 saturated heterocycles. The zero-order valence-corrected chi connectivity index (χ0v) is 13.6. The SMILES string of the molecule is C[C@@H]1C[C@H]1C(=O)N1CC2(C1)OCC[C@@H]2COCc1ccncc1. The van der Waals surface area contributed by atoms with Crippen molar-refractivity contribution in [3.63, 3.8) is 0 Å². The molecule has 1 amide bonds. The molecular weight excluding hydrogens is 292 g/mol. The molecule has 0 bridgehead atoms. The molecule has 2 aliphatic heterocycles. The van der Waals surface area contributed by atoms with Crippen LogP contribution in [0.4, 0.5) is 0 Å². The summed E-state index contributed by atoms with van der Waals surface area (Å²) in [6, 6.07) is 3.95. The van der Waals surface area contributed by atoms with Crippen LogP contribution in [0.15, 0.2) is 24.5 Å². The van der Waals surface area contributed by atoms with Gasteiger partial charge in [0.1, 0.15) is 5.60 Å². The highest BCUT2D eigenvalue weighted by Gasteiger charge is 2.56. The van der Waals surface area contributed by atoms with Gasteiger partial charge in [-0.3, -0.25) is 9.78 Å². The predicted molar refractivity (Wildman–Crippen MR) is 84.5 cm³/mol. The average molecular weight is 316 g/mol. The quantitative estimate of drug-likeness (QED) is 0.832. The number of aromatic nitrogens is 1. The van der Waals surface area contributed by atoms with E-state index in [4.69, 9.17) is 9.47 Å². The molecule has 23 heavy (non-hydrogen) atoms. The van der Waals surface area contributed by atoms with Crippen molar-refractivity contribution in [3.05, 3.63) is 30.1 Å². The Morgan fingerprint density at radius 3 is 2.87 bits per heavy atom. The normalized spacial score (nSPS) is 31.2. The van der Waals surface area contributed by atoms with E-state index in [0.29, 0.717) is 31.0 Å². The number of hydrogen-bond acceptors (Lipinski definition) is 4. The second-order valence-electron chi connectivity index (χ2n) is 7.28. The van der Waals surface area contributed by atoms with Gasteiger partial charge in [0.05, 0.1) is 26.3 Å². The van der Waals surface area contributed by atoms with Crippen molar-refractivity contribution in [2.75, 3.05) is 26.3 Å². The Morgan fingerprint density at radius 1 is 1.43 bits per heavy atom. The van der Waals surface area contributed by atoms with Gasteiger partial charge in [0, 0.05) is 30.8 Å². The third kappa shape index (κ3) is 2.88. The minimum Gasteiger partial charge on any atom is -0.376 e. The molecule has 0 unspecified atom stereocenters. The molecule has 3 heterocycles. The Hall–Kier alpha value is -1.46. The first-order valence-corrected chi connectivity index (χ1v) is 8.57. The van der Waals surface area contributed by atoms with Gasteiger partial charge >= 0.3 is 0 Å². The van der Waals surface area contributed by atoms with Gasteiger partial charge < -0.3 is 14.4 Å². The van der Waals surface area contributed by atoms with Gasteiger partial charge in [-0.15, -0.1) is 0 Å². The van der Waals surface area contributed by atoms with Crippen LogP contribution in [0, 0.1) is 17.8 Å². The maximum atomic E-state index is 12.3. The van der Waals surface area contributed by atoms with E-state index in [-0.39, 0.29) is 11.5 Å². The molecule has 1 saturated carbocycles. The first kappa shape index (κ1) is 15.1. The highest BCUT2D eigenvalue weighted by atomic mass is 16.5. The highest BCUT2D eigenvalue weighted by molar-refractivity contribution is 5.82. The lowest BCUT2D eigenvalue weighted by Gasteiger charge is -2.50. The van der Waals surface area contributed by atoms with Crippen LogP contribution in [0.5, 0.6) is 0 Å². The third-order valence-corrected chi connectivity index (χ3v) is 5.59. The number of likely N-dealkylation sites (tertiary alicyclic amines) is 1. The van der Waals surface area contributed by atoms with E-state index < -0.39 is 0 Å². The zero-order valence-electron chi connectivity index (χ0n) is 13.6. The van der Waals surface area contributed by atoms with Crippen LogP contribution in [0.3, 0.4) is 0 Å². The first-order chi connectivity index (χ1) is 11.2. The number of nitrogens with zero attached hydrogens (tertiary/aromatic N) is 2. The largest absolute Gasteiger partial charge is 0.376 e. The fourth-order valence-corrected chi connectivity index (χ4v) is 3.82. The Labute approximate surface area is 137 Å². The summed E-state index contributed by atoms with van der Waals surface area (Å²) in [7, 11) is 0. The summed E-state index contributed by atoms with van der Waals surface area (Å²) in [5, 5.41) is 0. The molecule has 3 aliphatic rings. The van der Waals surface area contributed by atoms with Gasteiger partial charge in [-0.05, 0) is 36.5 Å². The minimum absolute atomic E-state index is 0.147. The maximum absolute atomic E-state index is 12.3. The molecule has 1 aromatic rings. The number of hydrogen-bond donors (Lipinski definition) is 0. The molecule has 3 atom stereocenters. The molecule has 1 spiro atoms. The Bertz CT molecular complexity index is 571. The minimum atomic E-state index is -0.147. The van der Waals surface area contributed by atoms with Crippen molar-refractivity contribution >= 4 is 5.91 Å². The molecule has 0 N–H and O–H groups in total. The van der Waals surface area contributed by atoms with Crippen molar-refractivity contribution < 1.29 is 14.3 Å². The van der Waals surface area contributed by atoms with Gasteiger partial charge in [0.15, 0.2) is 0 Å². The molecule has 3 fully saturated rings. The van der Waals surface area contributed by atoms with Gasteiger partial charge in [0.25, 0.3) is 0 Å². The van der Waals surface area contributed by atoms with Crippen molar-refractivity contribution in [1.82, 2.24) is 9.88 Å². The van der Waals surface area contributed by atoms with Crippen LogP contribution in [0.25, 0.3) is 0 Å². The van der Waals surface area contributed by atoms with Crippen LogP contribution in [-0.4, -0.2) is 47.7 Å². The Morgan fingerprint density at radius 2 is 2.17 bits per heavy atom. The summed E-state index contributed by atoms with van der Waals surface area (Å²) in [6.45, 7) is 5.74. The molecule has 5 nitrogen and oxygen atoms in total. The molecule has 0 aromatic carbocycles. The van der Waals surface area contributed by atoms with Gasteiger partial charge in [-0.2, -0.15) is 0 Å². The lowest BCUT2D eigenvalue weighted by atomic mass is 9.81. The lowest BCUT2D eigenvalue weighted by Crippen LogP contribution is -2.67. The number of amides is 1. The number of ether oxygens (including phenoxy) is 2. The Kier molecular flexibility index (Phi) is 3.85. The van der Waals surface area contributed by atoms with E-state index in [1.807, 2.05) is 17.0 Å². The van der Waals surface area contributed by atoms with Crippen molar-refractivity contribution in [2.24, 2.45) is 17.8 Å². The van der Waals surface area contributed by atoms with Crippen molar-refractivity contribution in [2.45, 2.75) is 32.0 Å². The van der Waals surface area contributed by atoms with E-state index in [1.165, 1.54) is 0 Å². The maximum Gasteiger partial charge on any atom is 0.226 e. The summed E-state index contributed by atoms with van der Waals surface area (Å²) in [5.41, 5.74) is 0.993. The van der Waals surface area contributed by atoms with E-state index in [2.05, 4.69) is 11.9 Å². The summed E-state index contributed by atoms with van der Waals surface area (Å²) in [4.78, 5) is 18.3.